The van der Waals surface area contributed by atoms with Crippen LogP contribution in [0.5, 0.6) is 0 Å². The summed E-state index contributed by atoms with van der Waals surface area (Å²) < 4.78 is 40.3. The monoisotopic (exact) mass is 324 g/mol. The number of benzene rings is 2. The Labute approximate surface area is 126 Å². The van der Waals surface area contributed by atoms with E-state index in [9.17, 15) is 12.8 Å². The van der Waals surface area contributed by atoms with Crippen LogP contribution in [0.1, 0.15) is 11.1 Å². The molecule has 0 radical (unpaired) electrons. The summed E-state index contributed by atoms with van der Waals surface area (Å²) in [6.45, 7) is 1.69. The molecule has 2 rings (SSSR count). The molecule has 0 aliphatic rings. The average Bonchev–Trinajstić information content (AvgIpc) is 2.41. The van der Waals surface area contributed by atoms with Gasteiger partial charge in [0.2, 0.25) is 0 Å². The average molecular weight is 325 g/mol. The first-order valence-electron chi connectivity index (χ1n) is 5.82. The van der Waals surface area contributed by atoms with E-state index in [1.165, 1.54) is 30.3 Å². The molecule has 0 saturated carbocycles. The number of hydrogen-bond donors (Lipinski definition) is 1. The van der Waals surface area contributed by atoms with Crippen LogP contribution in [0.2, 0.25) is 5.02 Å². The number of nitrogens with one attached hydrogen (secondary N) is 1. The predicted molar refractivity (Wildman–Crippen MR) is 78.1 cm³/mol. The van der Waals surface area contributed by atoms with Crippen LogP contribution < -0.4 is 4.72 Å². The standard InChI is InChI=1S/C14H10ClFN2O2S/c1-9-2-4-13(12(16)6-9)18-21(19,20)14-5-3-10(8-17)7-11(14)15/h2-7,18H,1H3. The number of aryl methyl sites for hydroxylation is 1. The van der Waals surface area contributed by atoms with E-state index in [0.717, 1.165) is 0 Å². The van der Waals surface area contributed by atoms with Crippen LogP contribution in [0, 0.1) is 24.1 Å². The number of halogens is 2. The number of rotatable bonds is 3. The Hall–Kier alpha value is -2.10. The van der Waals surface area contributed by atoms with E-state index in [-0.39, 0.29) is 21.2 Å². The fraction of sp³-hybridized carbons (Fsp3) is 0.0714. The fourth-order valence-corrected chi connectivity index (χ4v) is 3.30. The number of nitriles is 1. The molecular weight excluding hydrogens is 315 g/mol. The molecule has 0 saturated heterocycles. The van der Waals surface area contributed by atoms with Gasteiger partial charge >= 0.3 is 0 Å². The molecule has 2 aromatic rings. The van der Waals surface area contributed by atoms with Crippen molar-refractivity contribution in [1.29, 1.82) is 5.26 Å². The van der Waals surface area contributed by atoms with Crippen molar-refractivity contribution in [2.45, 2.75) is 11.8 Å². The molecule has 21 heavy (non-hydrogen) atoms. The lowest BCUT2D eigenvalue weighted by molar-refractivity contribution is 0.598. The molecule has 0 spiro atoms. The minimum Gasteiger partial charge on any atom is -0.277 e. The molecule has 7 heteroatoms. The van der Waals surface area contributed by atoms with Gasteiger partial charge in [0.1, 0.15) is 10.7 Å². The van der Waals surface area contributed by atoms with Crippen molar-refractivity contribution in [2.24, 2.45) is 0 Å². The Bertz CT molecular complexity index is 845. The van der Waals surface area contributed by atoms with Crippen molar-refractivity contribution in [3.8, 4) is 6.07 Å². The van der Waals surface area contributed by atoms with Crippen molar-refractivity contribution in [1.82, 2.24) is 0 Å². The number of hydrogen-bond acceptors (Lipinski definition) is 3. The first kappa shape index (κ1) is 15.3. The van der Waals surface area contributed by atoms with Crippen molar-refractivity contribution in [2.75, 3.05) is 4.72 Å². The second-order valence-electron chi connectivity index (χ2n) is 4.35. The van der Waals surface area contributed by atoms with Crippen LogP contribution in [-0.2, 0) is 10.0 Å². The summed E-state index contributed by atoms with van der Waals surface area (Å²) in [5, 5.41) is 8.63. The highest BCUT2D eigenvalue weighted by molar-refractivity contribution is 7.92. The molecule has 0 bridgehead atoms. The van der Waals surface area contributed by atoms with Crippen molar-refractivity contribution >= 4 is 27.3 Å². The third-order valence-electron chi connectivity index (χ3n) is 2.72. The third kappa shape index (κ3) is 3.32. The second-order valence-corrected chi connectivity index (χ2v) is 6.40. The predicted octanol–water partition coefficient (Wildman–Crippen LogP) is 3.46. The summed E-state index contributed by atoms with van der Waals surface area (Å²) in [5.74, 6) is -0.677. The highest BCUT2D eigenvalue weighted by Crippen LogP contribution is 2.26. The number of nitrogens with zero attached hydrogens (tertiary/aromatic N) is 1. The van der Waals surface area contributed by atoms with Gasteiger partial charge in [-0.25, -0.2) is 12.8 Å². The molecular formula is C14H10ClFN2O2S. The lowest BCUT2D eigenvalue weighted by Gasteiger charge is -2.10. The van der Waals surface area contributed by atoms with Crippen LogP contribution in [0.4, 0.5) is 10.1 Å². The van der Waals surface area contributed by atoms with Crippen LogP contribution in [0.15, 0.2) is 41.3 Å². The molecule has 0 aliphatic heterocycles. The Kier molecular flexibility index (Phi) is 4.16. The zero-order valence-electron chi connectivity index (χ0n) is 10.9. The second kappa shape index (κ2) is 5.72. The Morgan fingerprint density at radius 3 is 2.52 bits per heavy atom. The van der Waals surface area contributed by atoms with E-state index in [4.69, 9.17) is 16.9 Å². The van der Waals surface area contributed by atoms with Gasteiger partial charge < -0.3 is 0 Å². The zero-order valence-corrected chi connectivity index (χ0v) is 12.5. The van der Waals surface area contributed by atoms with Crippen LogP contribution in [0.25, 0.3) is 0 Å². The van der Waals surface area contributed by atoms with E-state index in [1.807, 2.05) is 6.07 Å². The van der Waals surface area contributed by atoms with Gasteiger partial charge in [-0.05, 0) is 42.8 Å². The quantitative estimate of drug-likeness (QED) is 0.940. The molecule has 4 nitrogen and oxygen atoms in total. The summed E-state index contributed by atoms with van der Waals surface area (Å²) in [4.78, 5) is -0.219. The van der Waals surface area contributed by atoms with Crippen molar-refractivity contribution in [3.05, 3.63) is 58.4 Å². The molecule has 0 aromatic heterocycles. The van der Waals surface area contributed by atoms with Crippen molar-refractivity contribution < 1.29 is 12.8 Å². The Balaban J connectivity index is 2.41. The molecule has 0 aliphatic carbocycles. The minimum absolute atomic E-state index is 0.103. The van der Waals surface area contributed by atoms with Gasteiger partial charge in [-0.15, -0.1) is 0 Å². The van der Waals surface area contributed by atoms with Crippen molar-refractivity contribution in [3.63, 3.8) is 0 Å². The SMILES string of the molecule is Cc1ccc(NS(=O)(=O)c2ccc(C#N)cc2Cl)c(F)c1. The lowest BCUT2D eigenvalue weighted by atomic mass is 10.2. The van der Waals surface area contributed by atoms with Gasteiger partial charge in [0.05, 0.1) is 22.3 Å². The van der Waals surface area contributed by atoms with Crippen LogP contribution in [-0.4, -0.2) is 8.42 Å². The first-order valence-corrected chi connectivity index (χ1v) is 7.68. The Morgan fingerprint density at radius 2 is 1.95 bits per heavy atom. The third-order valence-corrected chi connectivity index (χ3v) is 4.57. The highest BCUT2D eigenvalue weighted by atomic mass is 35.5. The van der Waals surface area contributed by atoms with Crippen LogP contribution in [0.3, 0.4) is 0 Å². The van der Waals surface area contributed by atoms with Crippen LogP contribution >= 0.6 is 11.6 Å². The largest absolute Gasteiger partial charge is 0.277 e. The maximum absolute atomic E-state index is 13.7. The molecule has 0 unspecified atom stereocenters. The normalized spacial score (nSPS) is 11.0. The first-order chi connectivity index (χ1) is 9.83. The smallest absolute Gasteiger partial charge is 0.263 e. The minimum atomic E-state index is -4.04. The number of anilines is 1. The summed E-state index contributed by atoms with van der Waals surface area (Å²) in [7, 11) is -4.04. The molecule has 108 valence electrons. The van der Waals surface area contributed by atoms with Gasteiger partial charge in [-0.2, -0.15) is 5.26 Å². The maximum atomic E-state index is 13.7. The molecule has 0 heterocycles. The molecule has 1 N–H and O–H groups in total. The van der Waals surface area contributed by atoms with E-state index < -0.39 is 15.8 Å². The van der Waals surface area contributed by atoms with E-state index in [1.54, 1.807) is 13.0 Å². The number of sulfonamides is 1. The zero-order chi connectivity index (χ0) is 15.6. The fourth-order valence-electron chi connectivity index (χ4n) is 1.69. The molecule has 0 atom stereocenters. The van der Waals surface area contributed by atoms with Gasteiger partial charge in [0, 0.05) is 0 Å². The Morgan fingerprint density at radius 1 is 1.24 bits per heavy atom. The van der Waals surface area contributed by atoms with Gasteiger partial charge in [0.25, 0.3) is 10.0 Å². The molecule has 0 amide bonds. The van der Waals surface area contributed by atoms with E-state index >= 15 is 0 Å². The van der Waals surface area contributed by atoms with E-state index in [0.29, 0.717) is 5.56 Å². The lowest BCUT2D eigenvalue weighted by Crippen LogP contribution is -2.14. The topological polar surface area (TPSA) is 70.0 Å². The van der Waals surface area contributed by atoms with Gasteiger partial charge in [-0.1, -0.05) is 17.7 Å². The highest BCUT2D eigenvalue weighted by Gasteiger charge is 2.19. The summed E-state index contributed by atoms with van der Waals surface area (Å²) in [6, 6.07) is 9.76. The van der Waals surface area contributed by atoms with Gasteiger partial charge in [-0.3, -0.25) is 4.72 Å². The summed E-state index contributed by atoms with van der Waals surface area (Å²) in [5.41, 5.74) is 0.744. The molecule has 2 aromatic carbocycles. The summed E-state index contributed by atoms with van der Waals surface area (Å²) >= 11 is 5.86. The summed E-state index contributed by atoms with van der Waals surface area (Å²) in [6.07, 6.45) is 0. The maximum Gasteiger partial charge on any atom is 0.263 e. The van der Waals surface area contributed by atoms with Gasteiger partial charge in [0.15, 0.2) is 0 Å². The molecule has 0 fully saturated rings. The van der Waals surface area contributed by atoms with E-state index in [2.05, 4.69) is 4.72 Å².